The smallest absolute Gasteiger partial charge is 0.257 e. The summed E-state index contributed by atoms with van der Waals surface area (Å²) in [6.45, 7) is 0. The summed E-state index contributed by atoms with van der Waals surface area (Å²) in [4.78, 5) is 22.7. The highest BCUT2D eigenvalue weighted by Crippen LogP contribution is 2.32. The van der Waals surface area contributed by atoms with Crippen LogP contribution >= 0.6 is 43.2 Å². The van der Waals surface area contributed by atoms with Crippen molar-refractivity contribution < 1.29 is 9.59 Å². The Morgan fingerprint density at radius 3 is 2.67 bits per heavy atom. The Balaban J connectivity index is 2.21. The maximum atomic E-state index is 12.0. The molecule has 0 saturated heterocycles. The van der Waals surface area contributed by atoms with Crippen molar-refractivity contribution in [2.75, 3.05) is 5.32 Å². The molecule has 0 atom stereocenters. The summed E-state index contributed by atoms with van der Waals surface area (Å²) >= 11 is 8.08. The molecule has 3 nitrogen and oxygen atoms in total. The molecular weight excluding hydrogens is 382 g/mol. The summed E-state index contributed by atoms with van der Waals surface area (Å²) in [7, 11) is 0. The van der Waals surface area contributed by atoms with E-state index in [1.54, 1.807) is 30.3 Å². The van der Waals surface area contributed by atoms with Crippen LogP contribution in [0.5, 0.6) is 0 Å². The van der Waals surface area contributed by atoms with Crippen molar-refractivity contribution >= 4 is 61.1 Å². The number of nitrogens with one attached hydrogen (secondary N) is 1. The molecule has 0 bridgehead atoms. The van der Waals surface area contributed by atoms with E-state index in [2.05, 4.69) is 37.2 Å². The SMILES string of the molecule is O=Cc1cccc(NC(=O)c2cc(Br)sc2Br)c1. The zero-order valence-electron chi connectivity index (χ0n) is 8.94. The molecule has 0 aliphatic carbocycles. The van der Waals surface area contributed by atoms with Crippen LogP contribution in [0.15, 0.2) is 37.9 Å². The Kier molecular flexibility index (Phi) is 4.31. The van der Waals surface area contributed by atoms with E-state index >= 15 is 0 Å². The molecule has 0 spiro atoms. The molecule has 0 aliphatic heterocycles. The number of hydrogen-bond acceptors (Lipinski definition) is 3. The first-order valence-corrected chi connectivity index (χ1v) is 7.32. The highest BCUT2D eigenvalue weighted by molar-refractivity contribution is 9.12. The van der Waals surface area contributed by atoms with Gasteiger partial charge in [-0.05, 0) is 50.1 Å². The second-order valence-corrected chi connectivity index (χ2v) is 7.18. The Bertz CT molecular complexity index is 610. The van der Waals surface area contributed by atoms with Crippen LogP contribution in [0, 0.1) is 0 Å². The van der Waals surface area contributed by atoms with Gasteiger partial charge in [-0.25, -0.2) is 0 Å². The van der Waals surface area contributed by atoms with Gasteiger partial charge < -0.3 is 5.32 Å². The van der Waals surface area contributed by atoms with Crippen molar-refractivity contribution in [3.8, 4) is 0 Å². The fourth-order valence-corrected chi connectivity index (χ4v) is 4.18. The zero-order valence-corrected chi connectivity index (χ0v) is 12.9. The first-order valence-electron chi connectivity index (χ1n) is 4.91. The Morgan fingerprint density at radius 2 is 2.06 bits per heavy atom. The van der Waals surface area contributed by atoms with Crippen LogP contribution in [-0.2, 0) is 0 Å². The summed E-state index contributed by atoms with van der Waals surface area (Å²) in [5.74, 6) is -0.216. The van der Waals surface area contributed by atoms with Crippen LogP contribution in [0.25, 0.3) is 0 Å². The normalized spacial score (nSPS) is 10.1. The molecule has 0 saturated carbocycles. The van der Waals surface area contributed by atoms with Gasteiger partial charge in [-0.2, -0.15) is 0 Å². The minimum atomic E-state index is -0.216. The summed E-state index contributed by atoms with van der Waals surface area (Å²) in [5.41, 5.74) is 1.68. The fraction of sp³-hybridized carbons (Fsp3) is 0. The van der Waals surface area contributed by atoms with Crippen molar-refractivity contribution in [1.82, 2.24) is 0 Å². The lowest BCUT2D eigenvalue weighted by Gasteiger charge is -2.04. The van der Waals surface area contributed by atoms with Crippen molar-refractivity contribution in [3.05, 3.63) is 49.0 Å². The lowest BCUT2D eigenvalue weighted by molar-refractivity contribution is 0.102. The van der Waals surface area contributed by atoms with Crippen molar-refractivity contribution in [1.29, 1.82) is 0 Å². The maximum absolute atomic E-state index is 12.0. The van der Waals surface area contributed by atoms with E-state index < -0.39 is 0 Å². The molecule has 1 aromatic carbocycles. The van der Waals surface area contributed by atoms with Gasteiger partial charge in [0.25, 0.3) is 5.91 Å². The molecule has 1 heterocycles. The monoisotopic (exact) mass is 387 g/mol. The Labute approximate surface area is 124 Å². The van der Waals surface area contributed by atoms with Gasteiger partial charge in [0, 0.05) is 11.3 Å². The summed E-state index contributed by atoms with van der Waals surface area (Å²) in [5, 5.41) is 2.75. The zero-order chi connectivity index (χ0) is 13.1. The molecule has 18 heavy (non-hydrogen) atoms. The predicted molar refractivity (Wildman–Crippen MR) is 79.5 cm³/mol. The van der Waals surface area contributed by atoms with Crippen LogP contribution in [0.1, 0.15) is 20.7 Å². The molecule has 1 aromatic heterocycles. The van der Waals surface area contributed by atoms with E-state index in [1.807, 2.05) is 0 Å². The predicted octanol–water partition coefficient (Wildman–Crippen LogP) is 4.34. The van der Waals surface area contributed by atoms with Gasteiger partial charge in [-0.3, -0.25) is 9.59 Å². The first-order chi connectivity index (χ1) is 8.60. The average Bonchev–Trinajstić information content (AvgIpc) is 2.69. The van der Waals surface area contributed by atoms with Gasteiger partial charge in [0.15, 0.2) is 0 Å². The minimum Gasteiger partial charge on any atom is -0.322 e. The fourth-order valence-electron chi connectivity index (χ4n) is 1.38. The molecule has 1 amide bonds. The molecule has 2 rings (SSSR count). The third-order valence-electron chi connectivity index (χ3n) is 2.18. The van der Waals surface area contributed by atoms with Gasteiger partial charge >= 0.3 is 0 Å². The lowest BCUT2D eigenvalue weighted by atomic mass is 10.2. The second kappa shape index (κ2) is 5.77. The molecule has 0 unspecified atom stereocenters. The van der Waals surface area contributed by atoms with Crippen LogP contribution in [0.3, 0.4) is 0 Å². The van der Waals surface area contributed by atoms with Gasteiger partial charge in [-0.1, -0.05) is 12.1 Å². The molecule has 92 valence electrons. The Hall–Kier alpha value is -0.980. The molecule has 0 radical (unpaired) electrons. The number of thiophene rings is 1. The van der Waals surface area contributed by atoms with Gasteiger partial charge in [0.05, 0.1) is 13.1 Å². The average molecular weight is 389 g/mol. The van der Waals surface area contributed by atoms with Crippen molar-refractivity contribution in [3.63, 3.8) is 0 Å². The number of anilines is 1. The van der Waals surface area contributed by atoms with Gasteiger partial charge in [-0.15, -0.1) is 11.3 Å². The topological polar surface area (TPSA) is 46.2 Å². The third-order valence-corrected chi connectivity index (χ3v) is 4.52. The number of rotatable bonds is 3. The number of amides is 1. The molecule has 6 heteroatoms. The number of hydrogen-bond donors (Lipinski definition) is 1. The quantitative estimate of drug-likeness (QED) is 0.795. The van der Waals surface area contributed by atoms with E-state index in [-0.39, 0.29) is 5.91 Å². The number of carbonyl (C=O) groups excluding carboxylic acids is 2. The van der Waals surface area contributed by atoms with Crippen LogP contribution in [0.4, 0.5) is 5.69 Å². The summed E-state index contributed by atoms with van der Waals surface area (Å²) in [6, 6.07) is 8.51. The highest BCUT2D eigenvalue weighted by Gasteiger charge is 2.13. The van der Waals surface area contributed by atoms with E-state index in [9.17, 15) is 9.59 Å². The summed E-state index contributed by atoms with van der Waals surface area (Å²) < 4.78 is 1.64. The number of benzene rings is 1. The first kappa shape index (κ1) is 13.5. The standard InChI is InChI=1S/C12H7Br2NO2S/c13-10-5-9(11(14)18-10)12(17)15-8-3-1-2-7(4-8)6-16/h1-6H,(H,15,17). The van der Waals surface area contributed by atoms with Crippen LogP contribution < -0.4 is 5.32 Å². The third kappa shape index (κ3) is 3.07. The van der Waals surface area contributed by atoms with Crippen molar-refractivity contribution in [2.24, 2.45) is 0 Å². The molecular formula is C12H7Br2NO2S. The van der Waals surface area contributed by atoms with Crippen molar-refractivity contribution in [2.45, 2.75) is 0 Å². The van der Waals surface area contributed by atoms with Crippen LogP contribution in [-0.4, -0.2) is 12.2 Å². The largest absolute Gasteiger partial charge is 0.322 e. The van der Waals surface area contributed by atoms with E-state index in [0.717, 1.165) is 13.9 Å². The summed E-state index contributed by atoms with van der Waals surface area (Å²) in [6.07, 6.45) is 0.743. The van der Waals surface area contributed by atoms with Gasteiger partial charge in [0.2, 0.25) is 0 Å². The number of carbonyl (C=O) groups is 2. The molecule has 2 aromatic rings. The number of halogens is 2. The van der Waals surface area contributed by atoms with E-state index in [1.165, 1.54) is 11.3 Å². The molecule has 0 aliphatic rings. The van der Waals surface area contributed by atoms with Gasteiger partial charge in [0.1, 0.15) is 6.29 Å². The molecule has 1 N–H and O–H groups in total. The lowest BCUT2D eigenvalue weighted by Crippen LogP contribution is -2.11. The van der Waals surface area contributed by atoms with Crippen LogP contribution in [0.2, 0.25) is 0 Å². The maximum Gasteiger partial charge on any atom is 0.257 e. The second-order valence-electron chi connectivity index (χ2n) is 3.44. The van der Waals surface area contributed by atoms with E-state index in [4.69, 9.17) is 0 Å². The Morgan fingerprint density at radius 1 is 1.28 bits per heavy atom. The van der Waals surface area contributed by atoms with E-state index in [0.29, 0.717) is 16.8 Å². The minimum absolute atomic E-state index is 0.216. The highest BCUT2D eigenvalue weighted by atomic mass is 79.9. The molecule has 0 fully saturated rings. The number of aldehydes is 1.